The summed E-state index contributed by atoms with van der Waals surface area (Å²) in [5.41, 5.74) is 1.21. The Morgan fingerprint density at radius 3 is 2.62 bits per heavy atom. The molecule has 13 heavy (non-hydrogen) atoms. The predicted molar refractivity (Wildman–Crippen MR) is 54.4 cm³/mol. The lowest BCUT2D eigenvalue weighted by molar-refractivity contribution is 0.319. The van der Waals surface area contributed by atoms with E-state index in [1.165, 1.54) is 5.56 Å². The van der Waals surface area contributed by atoms with Crippen molar-refractivity contribution in [1.29, 1.82) is 0 Å². The molecule has 1 aromatic carbocycles. The highest BCUT2D eigenvalue weighted by atomic mass is 16.4. The van der Waals surface area contributed by atoms with E-state index in [4.69, 9.17) is 5.21 Å². The Labute approximate surface area is 78.9 Å². The number of nitrogens with zero attached hydrogens (tertiary/aromatic N) is 1. The summed E-state index contributed by atoms with van der Waals surface area (Å²) in [5.74, 6) is 0.246. The third kappa shape index (κ3) is 2.90. The summed E-state index contributed by atoms with van der Waals surface area (Å²) < 4.78 is 0. The fraction of sp³-hybridized carbons (Fsp3) is 0.364. The van der Waals surface area contributed by atoms with Gasteiger partial charge in [0.25, 0.3) is 0 Å². The van der Waals surface area contributed by atoms with Gasteiger partial charge >= 0.3 is 0 Å². The first-order valence-electron chi connectivity index (χ1n) is 4.61. The second-order valence-corrected chi connectivity index (χ2v) is 3.07. The van der Waals surface area contributed by atoms with Gasteiger partial charge in [0.15, 0.2) is 0 Å². The maximum Gasteiger partial charge on any atom is 0.0510 e. The molecule has 0 bridgehead atoms. The van der Waals surface area contributed by atoms with Crippen molar-refractivity contribution >= 4 is 6.21 Å². The summed E-state index contributed by atoms with van der Waals surface area (Å²) in [6.45, 7) is 2.13. The Morgan fingerprint density at radius 2 is 2.08 bits per heavy atom. The van der Waals surface area contributed by atoms with E-state index in [2.05, 4.69) is 24.2 Å². The predicted octanol–water partition coefficient (Wildman–Crippen LogP) is 3.03. The van der Waals surface area contributed by atoms with E-state index >= 15 is 0 Å². The average Bonchev–Trinajstić information content (AvgIpc) is 2.19. The SMILES string of the molecule is CCCC(C=NO)c1ccccc1. The molecule has 1 atom stereocenters. The van der Waals surface area contributed by atoms with Crippen LogP contribution in [-0.4, -0.2) is 11.4 Å². The van der Waals surface area contributed by atoms with Crippen LogP contribution in [0.1, 0.15) is 31.2 Å². The van der Waals surface area contributed by atoms with Crippen LogP contribution in [0.25, 0.3) is 0 Å². The molecule has 0 aliphatic carbocycles. The van der Waals surface area contributed by atoms with Crippen LogP contribution in [0.15, 0.2) is 35.5 Å². The van der Waals surface area contributed by atoms with Gasteiger partial charge in [-0.25, -0.2) is 0 Å². The van der Waals surface area contributed by atoms with Gasteiger partial charge in [-0.1, -0.05) is 43.7 Å². The normalized spacial score (nSPS) is 13.3. The first-order valence-corrected chi connectivity index (χ1v) is 4.61. The highest BCUT2D eigenvalue weighted by Crippen LogP contribution is 2.18. The van der Waals surface area contributed by atoms with Crippen molar-refractivity contribution in [2.24, 2.45) is 5.16 Å². The number of rotatable bonds is 4. The third-order valence-corrected chi connectivity index (χ3v) is 2.07. The number of hydrogen-bond donors (Lipinski definition) is 1. The molecule has 0 saturated heterocycles. The van der Waals surface area contributed by atoms with E-state index in [1.807, 2.05) is 18.2 Å². The first kappa shape index (κ1) is 9.78. The highest BCUT2D eigenvalue weighted by Gasteiger charge is 2.06. The van der Waals surface area contributed by atoms with Crippen molar-refractivity contribution in [2.45, 2.75) is 25.7 Å². The maximum absolute atomic E-state index is 8.49. The Balaban J connectivity index is 2.76. The molecule has 0 amide bonds. The number of oxime groups is 1. The Morgan fingerprint density at radius 1 is 1.38 bits per heavy atom. The molecule has 1 aromatic rings. The van der Waals surface area contributed by atoms with Gasteiger partial charge in [-0.2, -0.15) is 0 Å². The summed E-state index contributed by atoms with van der Waals surface area (Å²) in [5, 5.41) is 11.6. The second-order valence-electron chi connectivity index (χ2n) is 3.07. The molecule has 1 N–H and O–H groups in total. The molecule has 1 unspecified atom stereocenters. The molecule has 0 heterocycles. The molecular weight excluding hydrogens is 162 g/mol. The molecule has 0 fully saturated rings. The van der Waals surface area contributed by atoms with Crippen LogP contribution >= 0.6 is 0 Å². The van der Waals surface area contributed by atoms with Gasteiger partial charge in [0.1, 0.15) is 0 Å². The third-order valence-electron chi connectivity index (χ3n) is 2.07. The fourth-order valence-electron chi connectivity index (χ4n) is 1.42. The molecular formula is C11H15NO. The monoisotopic (exact) mass is 177 g/mol. The van der Waals surface area contributed by atoms with Crippen molar-refractivity contribution in [3.63, 3.8) is 0 Å². The Kier molecular flexibility index (Phi) is 4.03. The minimum atomic E-state index is 0.246. The zero-order valence-corrected chi connectivity index (χ0v) is 7.85. The van der Waals surface area contributed by atoms with Gasteiger partial charge in [-0.3, -0.25) is 0 Å². The molecule has 2 nitrogen and oxygen atoms in total. The van der Waals surface area contributed by atoms with E-state index in [-0.39, 0.29) is 5.92 Å². The second kappa shape index (κ2) is 5.36. The van der Waals surface area contributed by atoms with Crippen molar-refractivity contribution < 1.29 is 5.21 Å². The van der Waals surface area contributed by atoms with Gasteiger partial charge in [0.05, 0.1) is 6.21 Å². The van der Waals surface area contributed by atoms with Crippen LogP contribution in [0.3, 0.4) is 0 Å². The van der Waals surface area contributed by atoms with Crippen LogP contribution in [0.2, 0.25) is 0 Å². The summed E-state index contributed by atoms with van der Waals surface area (Å²) in [6, 6.07) is 10.1. The van der Waals surface area contributed by atoms with Gasteiger partial charge in [-0.05, 0) is 12.0 Å². The van der Waals surface area contributed by atoms with E-state index in [9.17, 15) is 0 Å². The minimum absolute atomic E-state index is 0.246. The molecule has 0 aromatic heterocycles. The zero-order chi connectivity index (χ0) is 9.52. The van der Waals surface area contributed by atoms with E-state index in [0.717, 1.165) is 12.8 Å². The van der Waals surface area contributed by atoms with Crippen molar-refractivity contribution in [3.8, 4) is 0 Å². The van der Waals surface area contributed by atoms with Gasteiger partial charge in [0.2, 0.25) is 0 Å². The Bertz CT molecular complexity index is 256. The van der Waals surface area contributed by atoms with E-state index in [1.54, 1.807) is 6.21 Å². The molecule has 2 heteroatoms. The van der Waals surface area contributed by atoms with Crippen molar-refractivity contribution in [3.05, 3.63) is 35.9 Å². The molecule has 70 valence electrons. The van der Waals surface area contributed by atoms with Crippen LogP contribution < -0.4 is 0 Å². The first-order chi connectivity index (χ1) is 6.38. The minimum Gasteiger partial charge on any atom is -0.411 e. The zero-order valence-electron chi connectivity index (χ0n) is 7.85. The average molecular weight is 177 g/mol. The lowest BCUT2D eigenvalue weighted by atomic mass is 9.96. The lowest BCUT2D eigenvalue weighted by Gasteiger charge is -2.09. The summed E-state index contributed by atoms with van der Waals surface area (Å²) in [7, 11) is 0. The van der Waals surface area contributed by atoms with E-state index < -0.39 is 0 Å². The molecule has 0 aliphatic rings. The topological polar surface area (TPSA) is 32.6 Å². The van der Waals surface area contributed by atoms with Gasteiger partial charge < -0.3 is 5.21 Å². The number of benzene rings is 1. The van der Waals surface area contributed by atoms with Gasteiger partial charge in [-0.15, -0.1) is 5.16 Å². The molecule has 1 rings (SSSR count). The molecule has 0 radical (unpaired) electrons. The molecule has 0 spiro atoms. The largest absolute Gasteiger partial charge is 0.411 e. The molecule has 0 aliphatic heterocycles. The van der Waals surface area contributed by atoms with Crippen LogP contribution in [0.4, 0.5) is 0 Å². The maximum atomic E-state index is 8.49. The number of hydrogen-bond acceptors (Lipinski definition) is 2. The quantitative estimate of drug-likeness (QED) is 0.428. The summed E-state index contributed by atoms with van der Waals surface area (Å²) in [6.07, 6.45) is 3.71. The fourth-order valence-corrected chi connectivity index (χ4v) is 1.42. The van der Waals surface area contributed by atoms with Crippen LogP contribution in [-0.2, 0) is 0 Å². The Hall–Kier alpha value is -1.31. The summed E-state index contributed by atoms with van der Waals surface area (Å²) in [4.78, 5) is 0. The van der Waals surface area contributed by atoms with E-state index in [0.29, 0.717) is 0 Å². The van der Waals surface area contributed by atoms with Gasteiger partial charge in [0, 0.05) is 5.92 Å². The molecule has 0 saturated carbocycles. The van der Waals surface area contributed by atoms with Crippen molar-refractivity contribution in [1.82, 2.24) is 0 Å². The smallest absolute Gasteiger partial charge is 0.0510 e. The van der Waals surface area contributed by atoms with Crippen molar-refractivity contribution in [2.75, 3.05) is 0 Å². The highest BCUT2D eigenvalue weighted by molar-refractivity contribution is 5.67. The lowest BCUT2D eigenvalue weighted by Crippen LogP contribution is -1.99. The van der Waals surface area contributed by atoms with Crippen LogP contribution in [0.5, 0.6) is 0 Å². The van der Waals surface area contributed by atoms with Crippen LogP contribution in [0, 0.1) is 0 Å². The summed E-state index contributed by atoms with van der Waals surface area (Å²) >= 11 is 0. The standard InChI is InChI=1S/C11H15NO/c1-2-6-11(9-12-13)10-7-4-3-5-8-10/h3-5,7-9,11,13H,2,6H2,1H3.